The van der Waals surface area contributed by atoms with Gasteiger partial charge in [0.15, 0.2) is 0 Å². The van der Waals surface area contributed by atoms with E-state index in [0.717, 1.165) is 62.3 Å². The molecule has 4 saturated carbocycles. The number of benzene rings is 1. The van der Waals surface area contributed by atoms with Crippen molar-refractivity contribution in [2.45, 2.75) is 58.9 Å². The van der Waals surface area contributed by atoms with Gasteiger partial charge < -0.3 is 10.6 Å². The van der Waals surface area contributed by atoms with Crippen LogP contribution < -0.4 is 10.6 Å². The van der Waals surface area contributed by atoms with Crippen LogP contribution in [0.3, 0.4) is 0 Å². The van der Waals surface area contributed by atoms with Crippen LogP contribution >= 0.6 is 0 Å². The molecule has 5 rings (SSSR count). The molecule has 0 atom stereocenters. The lowest BCUT2D eigenvalue weighted by Gasteiger charge is -2.55. The Labute approximate surface area is 174 Å². The number of hydrogen-bond donors (Lipinski definition) is 2. The summed E-state index contributed by atoms with van der Waals surface area (Å²) >= 11 is 0. The molecule has 0 spiro atoms. The first-order valence-corrected chi connectivity index (χ1v) is 11.4. The second kappa shape index (κ2) is 8.47. The number of rotatable bonds is 8. The smallest absolute Gasteiger partial charge is 0.243 e. The fourth-order valence-electron chi connectivity index (χ4n) is 6.39. The summed E-state index contributed by atoms with van der Waals surface area (Å²) in [5, 5.41) is 5.91. The minimum absolute atomic E-state index is 0.0564. The van der Waals surface area contributed by atoms with Gasteiger partial charge in [0.25, 0.3) is 0 Å². The second-order valence-corrected chi connectivity index (χ2v) is 9.59. The summed E-state index contributed by atoms with van der Waals surface area (Å²) in [4.78, 5) is 27.8. The van der Waals surface area contributed by atoms with Crippen LogP contribution in [0.2, 0.25) is 0 Å². The van der Waals surface area contributed by atoms with Crippen LogP contribution in [0.15, 0.2) is 24.3 Å². The predicted molar refractivity (Wildman–Crippen MR) is 115 cm³/mol. The van der Waals surface area contributed by atoms with Gasteiger partial charge in [0.05, 0.1) is 6.54 Å². The summed E-state index contributed by atoms with van der Waals surface area (Å²) in [6.45, 7) is 7.25. The summed E-state index contributed by atoms with van der Waals surface area (Å²) in [6.07, 6.45) is 7.03. The molecule has 4 aliphatic carbocycles. The van der Waals surface area contributed by atoms with Gasteiger partial charge in [0.1, 0.15) is 0 Å². The lowest BCUT2D eigenvalue weighted by atomic mass is 9.49. The molecule has 29 heavy (non-hydrogen) atoms. The van der Waals surface area contributed by atoms with E-state index in [-0.39, 0.29) is 23.8 Å². The van der Waals surface area contributed by atoms with Crippen molar-refractivity contribution in [3.8, 4) is 0 Å². The molecule has 0 radical (unpaired) electrons. The normalized spacial score (nSPS) is 29.8. The fraction of sp³-hybridized carbons (Fsp3) is 0.667. The first-order chi connectivity index (χ1) is 14.0. The van der Waals surface area contributed by atoms with Crippen molar-refractivity contribution in [1.29, 1.82) is 0 Å². The number of nitrogens with one attached hydrogen (secondary N) is 2. The highest BCUT2D eigenvalue weighted by Gasteiger charge is 2.54. The molecule has 4 aliphatic rings. The third-order valence-electron chi connectivity index (χ3n) is 7.44. The maximum Gasteiger partial charge on any atom is 0.243 e. The van der Waals surface area contributed by atoms with Gasteiger partial charge in [-0.3, -0.25) is 14.5 Å². The highest BCUT2D eigenvalue weighted by molar-refractivity contribution is 5.95. The summed E-state index contributed by atoms with van der Waals surface area (Å²) in [6, 6.07) is 7.99. The van der Waals surface area contributed by atoms with Crippen LogP contribution in [0.25, 0.3) is 0 Å². The van der Waals surface area contributed by atoms with E-state index in [4.69, 9.17) is 0 Å². The number of carbonyl (C=O) groups excluding carboxylic acids is 2. The van der Waals surface area contributed by atoms with Crippen LogP contribution in [0, 0.1) is 23.2 Å². The molecule has 0 saturated heterocycles. The lowest BCUT2D eigenvalue weighted by molar-refractivity contribution is -0.146. The summed E-state index contributed by atoms with van der Waals surface area (Å²) in [7, 11) is 0. The monoisotopic (exact) mass is 397 g/mol. The Morgan fingerprint density at radius 1 is 1.03 bits per heavy atom. The van der Waals surface area contributed by atoms with Crippen LogP contribution in [0.5, 0.6) is 0 Å². The van der Waals surface area contributed by atoms with Crippen molar-refractivity contribution in [1.82, 2.24) is 10.2 Å². The molecule has 0 unspecified atom stereocenters. The molecule has 4 fully saturated rings. The third-order valence-corrected chi connectivity index (χ3v) is 7.44. The zero-order valence-electron chi connectivity index (χ0n) is 17.9. The van der Waals surface area contributed by atoms with Crippen LogP contribution in [0.1, 0.15) is 57.9 Å². The Balaban J connectivity index is 1.30. The van der Waals surface area contributed by atoms with E-state index in [0.29, 0.717) is 0 Å². The van der Waals surface area contributed by atoms with Gasteiger partial charge in [0, 0.05) is 17.6 Å². The minimum atomic E-state index is -0.196. The Bertz CT molecular complexity index is 721. The zero-order chi connectivity index (χ0) is 20.4. The van der Waals surface area contributed by atoms with Crippen molar-refractivity contribution in [3.05, 3.63) is 29.8 Å². The van der Waals surface area contributed by atoms with Gasteiger partial charge >= 0.3 is 0 Å². The fourth-order valence-corrected chi connectivity index (χ4v) is 6.39. The van der Waals surface area contributed by atoms with Crippen molar-refractivity contribution in [3.63, 3.8) is 0 Å². The van der Waals surface area contributed by atoms with E-state index in [2.05, 4.69) is 35.4 Å². The second-order valence-electron chi connectivity index (χ2n) is 9.59. The molecular weight excluding hydrogens is 362 g/mol. The summed E-state index contributed by atoms with van der Waals surface area (Å²) < 4.78 is 0. The number of hydrogen-bond acceptors (Lipinski definition) is 3. The van der Waals surface area contributed by atoms with E-state index < -0.39 is 0 Å². The maximum atomic E-state index is 13.0. The Hall–Kier alpha value is -1.88. The molecule has 4 bridgehead atoms. The molecule has 0 aromatic heterocycles. The Morgan fingerprint density at radius 2 is 1.66 bits per heavy atom. The van der Waals surface area contributed by atoms with E-state index in [9.17, 15) is 9.59 Å². The third kappa shape index (κ3) is 4.50. The molecule has 1 aromatic rings. The molecule has 5 heteroatoms. The SMILES string of the molecule is CCN(CC)Cc1cccc(NC(=O)CNC(=O)C23CC4CC(CC(C4)C2)C3)c1. The summed E-state index contributed by atoms with van der Waals surface area (Å²) in [5.41, 5.74) is 1.78. The first kappa shape index (κ1) is 20.4. The van der Waals surface area contributed by atoms with Gasteiger partial charge in [-0.1, -0.05) is 26.0 Å². The average molecular weight is 398 g/mol. The van der Waals surface area contributed by atoms with E-state index in [1.807, 2.05) is 18.2 Å². The number of carbonyl (C=O) groups is 2. The Morgan fingerprint density at radius 3 is 2.24 bits per heavy atom. The predicted octanol–water partition coefficient (Wildman–Crippen LogP) is 3.80. The maximum absolute atomic E-state index is 13.0. The average Bonchev–Trinajstić information content (AvgIpc) is 2.69. The number of nitrogens with zero attached hydrogens (tertiary/aromatic N) is 1. The minimum Gasteiger partial charge on any atom is -0.347 e. The first-order valence-electron chi connectivity index (χ1n) is 11.4. The van der Waals surface area contributed by atoms with Crippen molar-refractivity contribution >= 4 is 17.5 Å². The van der Waals surface area contributed by atoms with E-state index in [1.54, 1.807) is 0 Å². The Kier molecular flexibility index (Phi) is 5.95. The van der Waals surface area contributed by atoms with Crippen molar-refractivity contribution in [2.24, 2.45) is 23.2 Å². The highest BCUT2D eigenvalue weighted by atomic mass is 16.2. The quantitative estimate of drug-likeness (QED) is 0.701. The zero-order valence-corrected chi connectivity index (χ0v) is 17.9. The van der Waals surface area contributed by atoms with Gasteiger partial charge in [-0.15, -0.1) is 0 Å². The van der Waals surface area contributed by atoms with Gasteiger partial charge in [0.2, 0.25) is 11.8 Å². The van der Waals surface area contributed by atoms with E-state index >= 15 is 0 Å². The van der Waals surface area contributed by atoms with Crippen molar-refractivity contribution < 1.29 is 9.59 Å². The molecule has 2 N–H and O–H groups in total. The van der Waals surface area contributed by atoms with E-state index in [1.165, 1.54) is 24.8 Å². The molecule has 1 aromatic carbocycles. The van der Waals surface area contributed by atoms with Crippen LogP contribution in [-0.2, 0) is 16.1 Å². The molecule has 2 amide bonds. The summed E-state index contributed by atoms with van der Waals surface area (Å²) in [5.74, 6) is 2.16. The molecule has 5 nitrogen and oxygen atoms in total. The lowest BCUT2D eigenvalue weighted by Crippen LogP contribution is -2.54. The van der Waals surface area contributed by atoms with Gasteiger partial charge in [-0.2, -0.15) is 0 Å². The van der Waals surface area contributed by atoms with Gasteiger partial charge in [-0.25, -0.2) is 0 Å². The standard InChI is InChI=1S/C24H35N3O2/c1-3-27(4-2)16-17-6-5-7-21(11-17)26-22(28)15-25-23(29)24-12-18-8-19(13-24)10-20(9-18)14-24/h5-7,11,18-20H,3-4,8-10,12-16H2,1-2H3,(H,25,29)(H,26,28). The van der Waals surface area contributed by atoms with Crippen LogP contribution in [0.4, 0.5) is 5.69 Å². The number of amides is 2. The largest absolute Gasteiger partial charge is 0.347 e. The topological polar surface area (TPSA) is 61.4 Å². The van der Waals surface area contributed by atoms with Crippen LogP contribution in [-0.4, -0.2) is 36.3 Å². The molecular formula is C24H35N3O2. The highest BCUT2D eigenvalue weighted by Crippen LogP contribution is 2.60. The molecule has 158 valence electrons. The van der Waals surface area contributed by atoms with Crippen molar-refractivity contribution in [2.75, 3.05) is 25.0 Å². The number of anilines is 1. The van der Waals surface area contributed by atoms with Gasteiger partial charge in [-0.05, 0) is 87.1 Å². The molecule has 0 aliphatic heterocycles. The molecule has 0 heterocycles.